The van der Waals surface area contributed by atoms with E-state index in [0.29, 0.717) is 19.3 Å². The zero-order chi connectivity index (χ0) is 15.9. The molecule has 1 heterocycles. The fraction of sp³-hybridized carbons (Fsp3) is 0.300. The fourth-order valence-corrected chi connectivity index (χ4v) is 4.22. The van der Waals surface area contributed by atoms with Gasteiger partial charge in [0, 0.05) is 18.5 Å². The Kier molecular flexibility index (Phi) is 3.29. The van der Waals surface area contributed by atoms with Crippen molar-refractivity contribution in [1.29, 1.82) is 0 Å². The van der Waals surface area contributed by atoms with Crippen molar-refractivity contribution in [3.8, 4) is 0 Å². The molecule has 0 saturated heterocycles. The monoisotopic (exact) mass is 305 g/mol. The number of ketones is 1. The second-order valence-corrected chi connectivity index (χ2v) is 6.61. The van der Waals surface area contributed by atoms with Gasteiger partial charge < -0.3 is 5.32 Å². The van der Waals surface area contributed by atoms with Crippen molar-refractivity contribution in [2.24, 2.45) is 5.92 Å². The molecule has 2 aliphatic rings. The second kappa shape index (κ2) is 5.34. The highest BCUT2D eigenvalue weighted by Gasteiger charge is 2.53. The zero-order valence-electron chi connectivity index (χ0n) is 12.9. The van der Waals surface area contributed by atoms with Gasteiger partial charge in [0.25, 0.3) is 0 Å². The lowest BCUT2D eigenvalue weighted by Crippen LogP contribution is -2.43. The second-order valence-electron chi connectivity index (χ2n) is 6.61. The summed E-state index contributed by atoms with van der Waals surface area (Å²) in [6.07, 6.45) is 2.55. The Balaban J connectivity index is 1.84. The normalized spacial score (nSPS) is 26.2. The third-order valence-electron chi connectivity index (χ3n) is 5.33. The van der Waals surface area contributed by atoms with E-state index in [0.717, 1.165) is 23.2 Å². The molecule has 1 aliphatic heterocycles. The summed E-state index contributed by atoms with van der Waals surface area (Å²) in [5.41, 5.74) is 2.46. The summed E-state index contributed by atoms with van der Waals surface area (Å²) in [4.78, 5) is 24.9. The molecule has 0 spiro atoms. The molecule has 116 valence electrons. The van der Waals surface area contributed by atoms with Crippen LogP contribution in [0.1, 0.15) is 30.4 Å². The van der Waals surface area contributed by atoms with Crippen LogP contribution in [0.25, 0.3) is 0 Å². The summed E-state index contributed by atoms with van der Waals surface area (Å²) in [6, 6.07) is 18.0. The first-order chi connectivity index (χ1) is 11.2. The molecule has 0 unspecified atom stereocenters. The Morgan fingerprint density at radius 2 is 1.74 bits per heavy atom. The molecule has 2 atom stereocenters. The Morgan fingerprint density at radius 3 is 2.48 bits per heavy atom. The first kappa shape index (κ1) is 14.2. The number of hydrogen-bond acceptors (Lipinski definition) is 2. The number of benzene rings is 2. The van der Waals surface area contributed by atoms with Crippen LogP contribution in [0.3, 0.4) is 0 Å². The molecule has 1 N–H and O–H groups in total. The van der Waals surface area contributed by atoms with E-state index in [-0.39, 0.29) is 17.6 Å². The molecule has 2 aromatic carbocycles. The summed E-state index contributed by atoms with van der Waals surface area (Å²) in [6.45, 7) is 0. The predicted molar refractivity (Wildman–Crippen MR) is 89.2 cm³/mol. The van der Waals surface area contributed by atoms with E-state index in [1.807, 2.05) is 42.5 Å². The molecule has 0 aromatic heterocycles. The highest BCUT2D eigenvalue weighted by atomic mass is 16.2. The van der Waals surface area contributed by atoms with Crippen molar-refractivity contribution < 1.29 is 9.59 Å². The summed E-state index contributed by atoms with van der Waals surface area (Å²) >= 11 is 0. The molecule has 1 aliphatic carbocycles. The van der Waals surface area contributed by atoms with Crippen LogP contribution < -0.4 is 5.32 Å². The number of para-hydroxylation sites is 1. The van der Waals surface area contributed by atoms with Crippen LogP contribution in [0.2, 0.25) is 0 Å². The minimum atomic E-state index is -0.621. The van der Waals surface area contributed by atoms with Gasteiger partial charge in [-0.1, -0.05) is 48.5 Å². The fourth-order valence-electron chi connectivity index (χ4n) is 4.22. The molecule has 2 aromatic rings. The predicted octanol–water partition coefficient (Wildman–Crippen LogP) is 3.49. The van der Waals surface area contributed by atoms with Crippen LogP contribution in [0.4, 0.5) is 5.69 Å². The molecule has 3 nitrogen and oxygen atoms in total. The lowest BCUT2D eigenvalue weighted by atomic mass is 9.66. The van der Waals surface area contributed by atoms with Crippen molar-refractivity contribution in [1.82, 2.24) is 0 Å². The summed E-state index contributed by atoms with van der Waals surface area (Å²) < 4.78 is 0. The van der Waals surface area contributed by atoms with Crippen molar-refractivity contribution in [3.05, 3.63) is 65.7 Å². The SMILES string of the molecule is O=C1CC[C@H]([C@]2(Cc3ccccc3)C(=O)Nc3ccccc32)C1. The van der Waals surface area contributed by atoms with Gasteiger partial charge in [0.05, 0.1) is 5.41 Å². The van der Waals surface area contributed by atoms with Crippen LogP contribution in [-0.4, -0.2) is 11.7 Å². The van der Waals surface area contributed by atoms with E-state index in [2.05, 4.69) is 17.4 Å². The maximum absolute atomic E-state index is 13.0. The van der Waals surface area contributed by atoms with E-state index >= 15 is 0 Å². The van der Waals surface area contributed by atoms with Gasteiger partial charge in [-0.25, -0.2) is 0 Å². The minimum Gasteiger partial charge on any atom is -0.325 e. The first-order valence-electron chi connectivity index (χ1n) is 8.17. The topological polar surface area (TPSA) is 46.2 Å². The van der Waals surface area contributed by atoms with Gasteiger partial charge in [0.2, 0.25) is 5.91 Å². The average Bonchev–Trinajstić information content (AvgIpc) is 3.11. The molecule has 1 fully saturated rings. The largest absolute Gasteiger partial charge is 0.325 e. The maximum atomic E-state index is 13.0. The number of Topliss-reactive ketones (excluding diaryl/α,β-unsaturated/α-hetero) is 1. The van der Waals surface area contributed by atoms with E-state index in [9.17, 15) is 9.59 Å². The lowest BCUT2D eigenvalue weighted by Gasteiger charge is -2.33. The number of amides is 1. The molecule has 1 amide bonds. The number of hydrogen-bond donors (Lipinski definition) is 1. The Hall–Kier alpha value is -2.42. The highest BCUT2D eigenvalue weighted by molar-refractivity contribution is 6.07. The molecule has 3 heteroatoms. The molecule has 0 bridgehead atoms. The van der Waals surface area contributed by atoms with Crippen LogP contribution >= 0.6 is 0 Å². The third-order valence-corrected chi connectivity index (χ3v) is 5.33. The van der Waals surface area contributed by atoms with Crippen LogP contribution in [-0.2, 0) is 21.4 Å². The van der Waals surface area contributed by atoms with E-state index in [1.165, 1.54) is 0 Å². The van der Waals surface area contributed by atoms with Crippen molar-refractivity contribution >= 4 is 17.4 Å². The number of carbonyl (C=O) groups is 2. The van der Waals surface area contributed by atoms with Crippen LogP contribution in [0.15, 0.2) is 54.6 Å². The summed E-state index contributed by atoms with van der Waals surface area (Å²) in [7, 11) is 0. The van der Waals surface area contributed by atoms with Gasteiger partial charge in [-0.05, 0) is 36.0 Å². The molecule has 0 radical (unpaired) electrons. The number of fused-ring (bicyclic) bond motifs is 1. The van der Waals surface area contributed by atoms with Crippen molar-refractivity contribution in [2.45, 2.75) is 31.1 Å². The van der Waals surface area contributed by atoms with Crippen molar-refractivity contribution in [3.63, 3.8) is 0 Å². The third kappa shape index (κ3) is 2.19. The summed E-state index contributed by atoms with van der Waals surface area (Å²) in [5, 5.41) is 3.05. The Morgan fingerprint density at radius 1 is 1.00 bits per heavy atom. The van der Waals surface area contributed by atoms with Gasteiger partial charge in [0.1, 0.15) is 5.78 Å². The smallest absolute Gasteiger partial charge is 0.235 e. The standard InChI is InChI=1S/C20H19NO2/c22-16-11-10-15(12-16)20(13-14-6-2-1-3-7-14)17-8-4-5-9-18(17)21-19(20)23/h1-9,15H,10-13H2,(H,21,23)/t15-,20-/m0/s1. The maximum Gasteiger partial charge on any atom is 0.235 e. The Labute approximate surface area is 135 Å². The number of anilines is 1. The Bertz CT molecular complexity index is 768. The average molecular weight is 305 g/mol. The van der Waals surface area contributed by atoms with Gasteiger partial charge in [0.15, 0.2) is 0 Å². The molecule has 23 heavy (non-hydrogen) atoms. The van der Waals surface area contributed by atoms with Crippen LogP contribution in [0, 0.1) is 5.92 Å². The highest BCUT2D eigenvalue weighted by Crippen LogP contribution is 2.49. The minimum absolute atomic E-state index is 0.0438. The molecular formula is C20H19NO2. The zero-order valence-corrected chi connectivity index (χ0v) is 12.9. The van der Waals surface area contributed by atoms with Gasteiger partial charge in [-0.3, -0.25) is 9.59 Å². The van der Waals surface area contributed by atoms with Gasteiger partial charge in [-0.15, -0.1) is 0 Å². The van der Waals surface area contributed by atoms with Gasteiger partial charge in [-0.2, -0.15) is 0 Å². The lowest BCUT2D eigenvalue weighted by molar-refractivity contribution is -0.123. The molecule has 4 rings (SSSR count). The molecule has 1 saturated carbocycles. The number of rotatable bonds is 3. The first-order valence-corrected chi connectivity index (χ1v) is 8.17. The van der Waals surface area contributed by atoms with E-state index in [1.54, 1.807) is 0 Å². The quantitative estimate of drug-likeness (QED) is 0.943. The van der Waals surface area contributed by atoms with Crippen LogP contribution in [0.5, 0.6) is 0 Å². The van der Waals surface area contributed by atoms with Gasteiger partial charge >= 0.3 is 0 Å². The summed E-state index contributed by atoms with van der Waals surface area (Å²) in [5.74, 6) is 0.403. The van der Waals surface area contributed by atoms with E-state index < -0.39 is 5.41 Å². The number of nitrogens with one attached hydrogen (secondary N) is 1. The van der Waals surface area contributed by atoms with Crippen molar-refractivity contribution in [2.75, 3.05) is 5.32 Å². The number of carbonyl (C=O) groups excluding carboxylic acids is 2. The molecular weight excluding hydrogens is 286 g/mol. The van der Waals surface area contributed by atoms with E-state index in [4.69, 9.17) is 0 Å².